The lowest BCUT2D eigenvalue weighted by molar-refractivity contribution is 0.0849. The first kappa shape index (κ1) is 16.7. The van der Waals surface area contributed by atoms with E-state index in [4.69, 9.17) is 0 Å². The van der Waals surface area contributed by atoms with Gasteiger partial charge in [0.1, 0.15) is 0 Å². The highest BCUT2D eigenvalue weighted by Crippen LogP contribution is 2.21. The first-order chi connectivity index (χ1) is 10.5. The van der Waals surface area contributed by atoms with Gasteiger partial charge in [-0.25, -0.2) is 0 Å². The van der Waals surface area contributed by atoms with Crippen LogP contribution in [0.3, 0.4) is 0 Å². The van der Waals surface area contributed by atoms with Crippen molar-refractivity contribution in [2.45, 2.75) is 20.3 Å². The van der Waals surface area contributed by atoms with Crippen molar-refractivity contribution in [1.29, 1.82) is 0 Å². The first-order valence-corrected chi connectivity index (χ1v) is 8.51. The van der Waals surface area contributed by atoms with Crippen LogP contribution in [0, 0.1) is 5.92 Å². The van der Waals surface area contributed by atoms with Gasteiger partial charge in [0, 0.05) is 5.56 Å². The number of rotatable bonds is 4. The highest BCUT2D eigenvalue weighted by molar-refractivity contribution is 9.11. The molecule has 6 heteroatoms. The molecule has 1 aromatic heterocycles. The molecule has 0 atom stereocenters. The van der Waals surface area contributed by atoms with E-state index in [1.807, 2.05) is 12.1 Å². The number of hydrogen-bond donors (Lipinski definition) is 2. The quantitative estimate of drug-likeness (QED) is 0.792. The van der Waals surface area contributed by atoms with E-state index < -0.39 is 0 Å². The molecular formula is C16H17BrN2O2S. The van der Waals surface area contributed by atoms with Crippen molar-refractivity contribution in [1.82, 2.24) is 10.9 Å². The Hall–Kier alpha value is -1.66. The average molecular weight is 381 g/mol. The maximum atomic E-state index is 12.0. The highest BCUT2D eigenvalue weighted by atomic mass is 79.9. The van der Waals surface area contributed by atoms with Crippen LogP contribution in [0.4, 0.5) is 0 Å². The Balaban J connectivity index is 1.90. The summed E-state index contributed by atoms with van der Waals surface area (Å²) in [7, 11) is 0. The lowest BCUT2D eigenvalue weighted by Gasteiger charge is -2.08. The van der Waals surface area contributed by atoms with Crippen LogP contribution in [0.2, 0.25) is 0 Å². The van der Waals surface area contributed by atoms with Crippen LogP contribution >= 0.6 is 27.3 Å². The van der Waals surface area contributed by atoms with Gasteiger partial charge in [-0.2, -0.15) is 0 Å². The molecule has 0 aliphatic carbocycles. The predicted molar refractivity (Wildman–Crippen MR) is 91.9 cm³/mol. The first-order valence-electron chi connectivity index (χ1n) is 6.90. The summed E-state index contributed by atoms with van der Waals surface area (Å²) < 4.78 is 0.865. The van der Waals surface area contributed by atoms with Crippen molar-refractivity contribution in [3.63, 3.8) is 0 Å². The number of carbonyl (C=O) groups is 2. The molecule has 0 radical (unpaired) electrons. The third-order valence-corrected chi connectivity index (χ3v) is 4.57. The second-order valence-corrected chi connectivity index (χ2v) is 7.77. The molecule has 2 N–H and O–H groups in total. The average Bonchev–Trinajstić information content (AvgIpc) is 2.91. The SMILES string of the molecule is CC(C)Cc1ccc(C(=O)NNC(=O)c2ccc(Br)s2)cc1. The Labute approximate surface area is 142 Å². The van der Waals surface area contributed by atoms with Crippen molar-refractivity contribution in [2.75, 3.05) is 0 Å². The molecule has 2 amide bonds. The Morgan fingerprint density at radius 3 is 2.23 bits per heavy atom. The van der Waals surface area contributed by atoms with E-state index in [9.17, 15) is 9.59 Å². The third-order valence-electron chi connectivity index (χ3n) is 2.95. The van der Waals surface area contributed by atoms with Crippen LogP contribution in [0.15, 0.2) is 40.2 Å². The minimum atomic E-state index is -0.333. The topological polar surface area (TPSA) is 58.2 Å². The molecule has 0 saturated heterocycles. The number of hydrazine groups is 1. The van der Waals surface area contributed by atoms with Crippen molar-refractivity contribution < 1.29 is 9.59 Å². The summed E-state index contributed by atoms with van der Waals surface area (Å²) in [6.45, 7) is 4.30. The van der Waals surface area contributed by atoms with Crippen LogP contribution in [-0.4, -0.2) is 11.8 Å². The Kier molecular flexibility index (Phi) is 5.74. The number of amides is 2. The van der Waals surface area contributed by atoms with Crippen molar-refractivity contribution in [3.8, 4) is 0 Å². The van der Waals surface area contributed by atoms with E-state index in [1.54, 1.807) is 24.3 Å². The van der Waals surface area contributed by atoms with E-state index >= 15 is 0 Å². The van der Waals surface area contributed by atoms with Crippen molar-refractivity contribution in [3.05, 3.63) is 56.2 Å². The van der Waals surface area contributed by atoms with Gasteiger partial charge in [-0.15, -0.1) is 11.3 Å². The van der Waals surface area contributed by atoms with Gasteiger partial charge in [-0.05, 0) is 58.1 Å². The number of carbonyl (C=O) groups excluding carboxylic acids is 2. The van der Waals surface area contributed by atoms with E-state index in [0.29, 0.717) is 16.4 Å². The smallest absolute Gasteiger partial charge is 0.267 e. The molecule has 2 aromatic rings. The zero-order chi connectivity index (χ0) is 16.1. The van der Waals surface area contributed by atoms with Gasteiger partial charge >= 0.3 is 0 Å². The summed E-state index contributed by atoms with van der Waals surface area (Å²) in [5.41, 5.74) is 6.54. The van der Waals surface area contributed by atoms with Crippen LogP contribution in [0.1, 0.15) is 39.4 Å². The predicted octanol–water partition coefficient (Wildman–Crippen LogP) is 3.78. The van der Waals surface area contributed by atoms with Crippen LogP contribution in [-0.2, 0) is 6.42 Å². The highest BCUT2D eigenvalue weighted by Gasteiger charge is 2.11. The molecule has 116 valence electrons. The van der Waals surface area contributed by atoms with Crippen LogP contribution < -0.4 is 10.9 Å². The fourth-order valence-electron chi connectivity index (χ4n) is 1.95. The van der Waals surface area contributed by atoms with E-state index in [2.05, 4.69) is 40.6 Å². The number of benzene rings is 1. The molecule has 0 fully saturated rings. The fraction of sp³-hybridized carbons (Fsp3) is 0.250. The van der Waals surface area contributed by atoms with Gasteiger partial charge in [-0.1, -0.05) is 26.0 Å². The largest absolute Gasteiger partial charge is 0.279 e. The Morgan fingerprint density at radius 2 is 1.68 bits per heavy atom. The molecule has 0 unspecified atom stereocenters. The molecule has 0 aliphatic heterocycles. The van der Waals surface area contributed by atoms with E-state index in [0.717, 1.165) is 10.2 Å². The van der Waals surface area contributed by atoms with Crippen molar-refractivity contribution in [2.24, 2.45) is 5.92 Å². The second-order valence-electron chi connectivity index (χ2n) is 5.31. The minimum absolute atomic E-state index is 0.333. The lowest BCUT2D eigenvalue weighted by Crippen LogP contribution is -2.41. The maximum absolute atomic E-state index is 12.0. The molecule has 22 heavy (non-hydrogen) atoms. The normalized spacial score (nSPS) is 10.5. The van der Waals surface area contributed by atoms with Gasteiger partial charge in [0.2, 0.25) is 0 Å². The van der Waals surface area contributed by atoms with Gasteiger partial charge in [0.05, 0.1) is 8.66 Å². The number of thiophene rings is 1. The van der Waals surface area contributed by atoms with Crippen LogP contribution in [0.25, 0.3) is 0 Å². The third kappa shape index (κ3) is 4.68. The van der Waals surface area contributed by atoms with Gasteiger partial charge < -0.3 is 0 Å². The maximum Gasteiger partial charge on any atom is 0.279 e. The molecule has 0 aliphatic rings. The number of hydrogen-bond acceptors (Lipinski definition) is 3. The monoisotopic (exact) mass is 380 g/mol. The van der Waals surface area contributed by atoms with E-state index in [-0.39, 0.29) is 11.8 Å². The van der Waals surface area contributed by atoms with E-state index in [1.165, 1.54) is 16.9 Å². The number of nitrogens with one attached hydrogen (secondary N) is 2. The standard InChI is InChI=1S/C16H17BrN2O2S/c1-10(2)9-11-3-5-12(6-4-11)15(20)18-19-16(21)13-7-8-14(17)22-13/h3-8,10H,9H2,1-2H3,(H,18,20)(H,19,21). The molecule has 0 spiro atoms. The summed E-state index contributed by atoms with van der Waals surface area (Å²) >= 11 is 4.60. The summed E-state index contributed by atoms with van der Waals surface area (Å²) in [6, 6.07) is 10.9. The lowest BCUT2D eigenvalue weighted by atomic mass is 10.0. The van der Waals surface area contributed by atoms with Gasteiger partial charge in [-0.3, -0.25) is 20.4 Å². The van der Waals surface area contributed by atoms with Gasteiger partial charge in [0.15, 0.2) is 0 Å². The molecule has 1 aromatic carbocycles. The molecule has 1 heterocycles. The van der Waals surface area contributed by atoms with Crippen molar-refractivity contribution >= 4 is 39.1 Å². The Bertz CT molecular complexity index is 665. The zero-order valence-corrected chi connectivity index (χ0v) is 14.8. The van der Waals surface area contributed by atoms with Gasteiger partial charge in [0.25, 0.3) is 11.8 Å². The molecule has 0 saturated carbocycles. The van der Waals surface area contributed by atoms with Crippen LogP contribution in [0.5, 0.6) is 0 Å². The Morgan fingerprint density at radius 1 is 1.05 bits per heavy atom. The molecule has 2 rings (SSSR count). The number of halogens is 1. The zero-order valence-electron chi connectivity index (χ0n) is 12.4. The second kappa shape index (κ2) is 7.56. The minimum Gasteiger partial charge on any atom is -0.267 e. The fourth-order valence-corrected chi connectivity index (χ4v) is 3.23. The summed E-state index contributed by atoms with van der Waals surface area (Å²) in [4.78, 5) is 24.3. The molecule has 4 nitrogen and oxygen atoms in total. The molecule has 0 bridgehead atoms. The summed E-state index contributed by atoms with van der Waals surface area (Å²) in [5.74, 6) is -0.0929. The summed E-state index contributed by atoms with van der Waals surface area (Å²) in [5, 5.41) is 0. The molecular weight excluding hydrogens is 364 g/mol. The summed E-state index contributed by atoms with van der Waals surface area (Å²) in [6.07, 6.45) is 0.978.